The van der Waals surface area contributed by atoms with Crippen molar-refractivity contribution in [3.05, 3.63) is 24.3 Å². The molecule has 1 aromatic heterocycles. The number of amides is 1. The number of hydrogen-bond acceptors (Lipinski definition) is 3. The molecule has 1 amide bonds. The minimum absolute atomic E-state index is 0.0902. The third-order valence-corrected chi connectivity index (χ3v) is 2.88. The van der Waals surface area contributed by atoms with Crippen LogP contribution in [0.3, 0.4) is 0 Å². The van der Waals surface area contributed by atoms with Crippen LogP contribution >= 0.6 is 0 Å². The van der Waals surface area contributed by atoms with Gasteiger partial charge in [-0.2, -0.15) is 0 Å². The van der Waals surface area contributed by atoms with E-state index in [9.17, 15) is 9.18 Å². The standard InChI is InChI=1S/C11H14FN3O/c1-7-4-14-5-8(7)11(16)15-10-2-3-13-6-9(10)12/h2-3,6-8,14H,4-5H2,1H3,(H,13,15,16)/t7-,8-/m1/s1. The summed E-state index contributed by atoms with van der Waals surface area (Å²) in [4.78, 5) is 15.5. The maximum atomic E-state index is 13.2. The first kappa shape index (κ1) is 11.0. The first-order valence-electron chi connectivity index (χ1n) is 5.29. The third-order valence-electron chi connectivity index (χ3n) is 2.88. The van der Waals surface area contributed by atoms with E-state index < -0.39 is 5.82 Å². The average Bonchev–Trinajstić information content (AvgIpc) is 2.68. The smallest absolute Gasteiger partial charge is 0.229 e. The number of pyridine rings is 1. The number of aromatic nitrogens is 1. The van der Waals surface area contributed by atoms with Gasteiger partial charge >= 0.3 is 0 Å². The Morgan fingerprint density at radius 2 is 2.44 bits per heavy atom. The van der Waals surface area contributed by atoms with E-state index in [-0.39, 0.29) is 23.4 Å². The van der Waals surface area contributed by atoms with Gasteiger partial charge in [0, 0.05) is 12.7 Å². The first-order valence-corrected chi connectivity index (χ1v) is 5.29. The van der Waals surface area contributed by atoms with Crippen molar-refractivity contribution in [3.8, 4) is 0 Å². The largest absolute Gasteiger partial charge is 0.323 e. The van der Waals surface area contributed by atoms with Crippen molar-refractivity contribution in [2.45, 2.75) is 6.92 Å². The number of anilines is 1. The van der Waals surface area contributed by atoms with E-state index in [4.69, 9.17) is 0 Å². The summed E-state index contributed by atoms with van der Waals surface area (Å²) in [7, 11) is 0. The first-order chi connectivity index (χ1) is 7.68. The zero-order valence-corrected chi connectivity index (χ0v) is 9.03. The van der Waals surface area contributed by atoms with E-state index in [2.05, 4.69) is 15.6 Å². The number of halogens is 1. The number of carbonyl (C=O) groups excluding carboxylic acids is 1. The normalized spacial score (nSPS) is 24.4. The number of nitrogens with zero attached hydrogens (tertiary/aromatic N) is 1. The molecular weight excluding hydrogens is 209 g/mol. The van der Waals surface area contributed by atoms with Crippen LogP contribution in [-0.2, 0) is 4.79 Å². The fraction of sp³-hybridized carbons (Fsp3) is 0.455. The highest BCUT2D eigenvalue weighted by atomic mass is 19.1. The molecule has 1 saturated heterocycles. The molecule has 1 aliphatic rings. The van der Waals surface area contributed by atoms with E-state index in [0.717, 1.165) is 12.7 Å². The minimum atomic E-state index is -0.505. The van der Waals surface area contributed by atoms with Crippen molar-refractivity contribution in [3.63, 3.8) is 0 Å². The highest BCUT2D eigenvalue weighted by molar-refractivity contribution is 5.93. The van der Waals surface area contributed by atoms with Gasteiger partial charge in [-0.05, 0) is 18.5 Å². The monoisotopic (exact) mass is 223 g/mol. The summed E-state index contributed by atoms with van der Waals surface area (Å²) in [6.07, 6.45) is 2.54. The topological polar surface area (TPSA) is 54.0 Å². The van der Waals surface area contributed by atoms with Crippen molar-refractivity contribution in [2.24, 2.45) is 11.8 Å². The van der Waals surface area contributed by atoms with Crippen molar-refractivity contribution >= 4 is 11.6 Å². The summed E-state index contributed by atoms with van der Waals surface area (Å²) in [6, 6.07) is 1.46. The minimum Gasteiger partial charge on any atom is -0.323 e. The summed E-state index contributed by atoms with van der Waals surface area (Å²) in [5, 5.41) is 5.73. The van der Waals surface area contributed by atoms with Crippen LogP contribution in [0.1, 0.15) is 6.92 Å². The Bertz CT molecular complexity index is 397. The Labute approximate surface area is 93.3 Å². The third kappa shape index (κ3) is 2.19. The number of hydrogen-bond donors (Lipinski definition) is 2. The maximum absolute atomic E-state index is 13.2. The molecule has 1 aromatic rings. The summed E-state index contributed by atoms with van der Waals surface area (Å²) in [5.41, 5.74) is 0.194. The molecule has 5 heteroatoms. The average molecular weight is 223 g/mol. The van der Waals surface area contributed by atoms with Crippen LogP contribution in [0, 0.1) is 17.7 Å². The molecule has 2 heterocycles. The fourth-order valence-corrected chi connectivity index (χ4v) is 1.86. The van der Waals surface area contributed by atoms with Gasteiger partial charge in [-0.25, -0.2) is 4.39 Å². The van der Waals surface area contributed by atoms with Crippen LogP contribution in [0.2, 0.25) is 0 Å². The van der Waals surface area contributed by atoms with Gasteiger partial charge in [-0.15, -0.1) is 0 Å². The van der Waals surface area contributed by atoms with Crippen LogP contribution in [0.25, 0.3) is 0 Å². The second kappa shape index (κ2) is 4.57. The molecule has 0 bridgehead atoms. The summed E-state index contributed by atoms with van der Waals surface area (Å²) in [6.45, 7) is 3.49. The lowest BCUT2D eigenvalue weighted by Crippen LogP contribution is -2.28. The van der Waals surface area contributed by atoms with E-state index in [1.807, 2.05) is 6.92 Å². The predicted molar refractivity (Wildman–Crippen MR) is 58.3 cm³/mol. The fourth-order valence-electron chi connectivity index (χ4n) is 1.86. The molecule has 0 spiro atoms. The second-order valence-corrected chi connectivity index (χ2v) is 4.09. The van der Waals surface area contributed by atoms with Crippen molar-refractivity contribution in [2.75, 3.05) is 18.4 Å². The lowest BCUT2D eigenvalue weighted by atomic mass is 9.97. The summed E-state index contributed by atoms with van der Waals surface area (Å²) in [5.74, 6) is -0.450. The Morgan fingerprint density at radius 1 is 1.62 bits per heavy atom. The molecule has 2 N–H and O–H groups in total. The molecule has 1 aliphatic heterocycles. The van der Waals surface area contributed by atoms with Crippen LogP contribution < -0.4 is 10.6 Å². The number of carbonyl (C=O) groups is 1. The Balaban J connectivity index is 2.05. The maximum Gasteiger partial charge on any atom is 0.229 e. The van der Waals surface area contributed by atoms with Gasteiger partial charge in [0.1, 0.15) is 0 Å². The zero-order chi connectivity index (χ0) is 11.5. The molecular formula is C11H14FN3O. The van der Waals surface area contributed by atoms with Crippen LogP contribution in [0.4, 0.5) is 10.1 Å². The summed E-state index contributed by atoms with van der Waals surface area (Å²) < 4.78 is 13.2. The van der Waals surface area contributed by atoms with Crippen molar-refractivity contribution in [1.82, 2.24) is 10.3 Å². The van der Waals surface area contributed by atoms with Crippen LogP contribution in [0.15, 0.2) is 18.5 Å². The summed E-state index contributed by atoms with van der Waals surface area (Å²) >= 11 is 0. The highest BCUT2D eigenvalue weighted by Gasteiger charge is 2.29. The molecule has 1 fully saturated rings. The van der Waals surface area contributed by atoms with Crippen LogP contribution in [-0.4, -0.2) is 24.0 Å². The number of rotatable bonds is 2. The molecule has 86 valence electrons. The lowest BCUT2D eigenvalue weighted by Gasteiger charge is -2.14. The molecule has 0 saturated carbocycles. The Morgan fingerprint density at radius 3 is 3.06 bits per heavy atom. The van der Waals surface area contributed by atoms with Crippen LogP contribution in [0.5, 0.6) is 0 Å². The quantitative estimate of drug-likeness (QED) is 0.787. The SMILES string of the molecule is C[C@@H]1CNC[C@H]1C(=O)Nc1ccncc1F. The Kier molecular flexibility index (Phi) is 3.14. The zero-order valence-electron chi connectivity index (χ0n) is 9.03. The highest BCUT2D eigenvalue weighted by Crippen LogP contribution is 2.19. The van der Waals surface area contributed by atoms with Gasteiger partial charge in [0.2, 0.25) is 5.91 Å². The molecule has 0 unspecified atom stereocenters. The van der Waals surface area contributed by atoms with Gasteiger partial charge in [0.15, 0.2) is 5.82 Å². The molecule has 2 atom stereocenters. The van der Waals surface area contributed by atoms with Crippen molar-refractivity contribution in [1.29, 1.82) is 0 Å². The van der Waals surface area contributed by atoms with E-state index >= 15 is 0 Å². The molecule has 0 aromatic carbocycles. The van der Waals surface area contributed by atoms with E-state index in [1.165, 1.54) is 12.3 Å². The predicted octanol–water partition coefficient (Wildman–Crippen LogP) is 1.01. The van der Waals surface area contributed by atoms with Crippen molar-refractivity contribution < 1.29 is 9.18 Å². The molecule has 16 heavy (non-hydrogen) atoms. The molecule has 2 rings (SSSR count). The number of nitrogens with one attached hydrogen (secondary N) is 2. The van der Waals surface area contributed by atoms with Gasteiger partial charge in [-0.3, -0.25) is 9.78 Å². The second-order valence-electron chi connectivity index (χ2n) is 4.09. The van der Waals surface area contributed by atoms with Gasteiger partial charge in [-0.1, -0.05) is 6.92 Å². The van der Waals surface area contributed by atoms with Gasteiger partial charge in [0.05, 0.1) is 17.8 Å². The van der Waals surface area contributed by atoms with Gasteiger partial charge < -0.3 is 10.6 Å². The Hall–Kier alpha value is -1.49. The van der Waals surface area contributed by atoms with E-state index in [1.54, 1.807) is 0 Å². The van der Waals surface area contributed by atoms with Gasteiger partial charge in [0.25, 0.3) is 0 Å². The molecule has 0 radical (unpaired) electrons. The van der Waals surface area contributed by atoms with E-state index in [0.29, 0.717) is 6.54 Å². The molecule has 0 aliphatic carbocycles. The molecule has 4 nitrogen and oxygen atoms in total. The lowest BCUT2D eigenvalue weighted by molar-refractivity contribution is -0.120.